The Morgan fingerprint density at radius 1 is 1.19 bits per heavy atom. The first-order chi connectivity index (χ1) is 10.1. The fourth-order valence-corrected chi connectivity index (χ4v) is 2.09. The smallest absolute Gasteiger partial charge is 0.337 e. The van der Waals surface area contributed by atoms with E-state index in [1.165, 1.54) is 12.3 Å². The van der Waals surface area contributed by atoms with Crippen molar-refractivity contribution in [1.82, 2.24) is 9.97 Å². The first-order valence-corrected chi connectivity index (χ1v) is 6.43. The Balaban J connectivity index is 2.01. The topological polar surface area (TPSA) is 72.3 Å². The van der Waals surface area contributed by atoms with E-state index >= 15 is 0 Å². The van der Waals surface area contributed by atoms with Crippen LogP contribution in [0, 0.1) is 0 Å². The summed E-state index contributed by atoms with van der Waals surface area (Å²) in [6, 6.07) is 10.5. The summed E-state index contributed by atoms with van der Waals surface area (Å²) in [5.41, 5.74) is 0.684. The van der Waals surface area contributed by atoms with Crippen molar-refractivity contribution in [2.24, 2.45) is 0 Å². The van der Waals surface area contributed by atoms with Gasteiger partial charge in [-0.05, 0) is 18.2 Å². The molecular formula is C15H9ClN2O3. The first kappa shape index (κ1) is 13.3. The highest BCUT2D eigenvalue weighted by molar-refractivity contribution is 6.32. The second-order valence-electron chi connectivity index (χ2n) is 4.25. The normalized spacial score (nSPS) is 10.5. The van der Waals surface area contributed by atoms with Crippen LogP contribution in [-0.4, -0.2) is 21.0 Å². The minimum Gasteiger partial charge on any atom is -0.478 e. The maximum atomic E-state index is 10.8. The SMILES string of the molecule is O=C(O)c1cnc(Oc2cccc3cccnc23)c(Cl)c1. The van der Waals surface area contributed by atoms with Crippen LogP contribution in [0.1, 0.15) is 10.4 Å². The van der Waals surface area contributed by atoms with Gasteiger partial charge in [0.25, 0.3) is 0 Å². The highest BCUT2D eigenvalue weighted by atomic mass is 35.5. The molecule has 0 saturated carbocycles. The van der Waals surface area contributed by atoms with Crippen molar-refractivity contribution in [3.05, 3.63) is 59.4 Å². The summed E-state index contributed by atoms with van der Waals surface area (Å²) in [5, 5.41) is 9.93. The third kappa shape index (κ3) is 2.64. The van der Waals surface area contributed by atoms with Gasteiger partial charge in [-0.1, -0.05) is 29.8 Å². The molecule has 0 unspecified atom stereocenters. The molecule has 0 saturated heterocycles. The van der Waals surface area contributed by atoms with Gasteiger partial charge in [-0.25, -0.2) is 9.78 Å². The number of fused-ring (bicyclic) bond motifs is 1. The van der Waals surface area contributed by atoms with E-state index in [-0.39, 0.29) is 16.5 Å². The Labute approximate surface area is 124 Å². The monoisotopic (exact) mass is 300 g/mol. The molecular weight excluding hydrogens is 292 g/mol. The molecule has 0 aliphatic carbocycles. The largest absolute Gasteiger partial charge is 0.478 e. The molecule has 0 bridgehead atoms. The molecule has 0 fully saturated rings. The maximum absolute atomic E-state index is 10.8. The molecule has 6 heteroatoms. The number of hydrogen-bond acceptors (Lipinski definition) is 4. The zero-order chi connectivity index (χ0) is 14.8. The molecule has 2 aromatic heterocycles. The van der Waals surface area contributed by atoms with E-state index < -0.39 is 5.97 Å². The van der Waals surface area contributed by atoms with Crippen LogP contribution in [0.25, 0.3) is 10.9 Å². The van der Waals surface area contributed by atoms with E-state index in [0.717, 1.165) is 5.39 Å². The summed E-state index contributed by atoms with van der Waals surface area (Å²) in [6.45, 7) is 0. The van der Waals surface area contributed by atoms with E-state index in [1.54, 1.807) is 12.3 Å². The lowest BCUT2D eigenvalue weighted by molar-refractivity contribution is 0.0696. The molecule has 2 heterocycles. The Bertz CT molecular complexity index is 831. The number of hydrogen-bond donors (Lipinski definition) is 1. The van der Waals surface area contributed by atoms with Gasteiger partial charge in [-0.2, -0.15) is 0 Å². The van der Waals surface area contributed by atoms with Gasteiger partial charge in [0.1, 0.15) is 10.5 Å². The molecule has 0 atom stereocenters. The van der Waals surface area contributed by atoms with E-state index in [2.05, 4.69) is 9.97 Å². The van der Waals surface area contributed by atoms with Gasteiger partial charge < -0.3 is 9.84 Å². The zero-order valence-electron chi connectivity index (χ0n) is 10.7. The summed E-state index contributed by atoms with van der Waals surface area (Å²) in [4.78, 5) is 19.0. The molecule has 3 rings (SSSR count). The molecule has 3 aromatic rings. The quantitative estimate of drug-likeness (QED) is 0.797. The van der Waals surface area contributed by atoms with Crippen LogP contribution in [0.4, 0.5) is 0 Å². The van der Waals surface area contributed by atoms with E-state index in [9.17, 15) is 4.79 Å². The minimum atomic E-state index is -1.09. The summed E-state index contributed by atoms with van der Waals surface area (Å²) in [7, 11) is 0. The van der Waals surface area contributed by atoms with Crippen LogP contribution in [0.2, 0.25) is 5.02 Å². The molecule has 104 valence electrons. The lowest BCUT2D eigenvalue weighted by Crippen LogP contribution is -1.98. The fraction of sp³-hybridized carbons (Fsp3) is 0. The number of carboxylic acids is 1. The molecule has 1 N–H and O–H groups in total. The molecule has 1 aromatic carbocycles. The van der Waals surface area contributed by atoms with Gasteiger partial charge in [0, 0.05) is 17.8 Å². The Hall–Kier alpha value is -2.66. The number of benzene rings is 1. The number of aromatic carboxylic acids is 1. The van der Waals surface area contributed by atoms with Gasteiger partial charge in [0.15, 0.2) is 5.75 Å². The van der Waals surface area contributed by atoms with Gasteiger partial charge in [0.2, 0.25) is 5.88 Å². The zero-order valence-corrected chi connectivity index (χ0v) is 11.4. The standard InChI is InChI=1S/C15H9ClN2O3/c16-11-7-10(15(19)20)8-18-14(11)21-12-5-1-3-9-4-2-6-17-13(9)12/h1-8H,(H,19,20). The number of para-hydroxylation sites is 1. The Kier molecular flexibility index (Phi) is 3.41. The second-order valence-corrected chi connectivity index (χ2v) is 4.66. The third-order valence-electron chi connectivity index (χ3n) is 2.86. The van der Waals surface area contributed by atoms with Crippen LogP contribution >= 0.6 is 11.6 Å². The number of rotatable bonds is 3. The number of carboxylic acid groups (broad SMARTS) is 1. The van der Waals surface area contributed by atoms with Gasteiger partial charge in [-0.15, -0.1) is 0 Å². The number of pyridine rings is 2. The average molecular weight is 301 g/mol. The van der Waals surface area contributed by atoms with Crippen molar-refractivity contribution in [3.63, 3.8) is 0 Å². The van der Waals surface area contributed by atoms with Crippen molar-refractivity contribution in [1.29, 1.82) is 0 Å². The summed E-state index contributed by atoms with van der Waals surface area (Å²) in [6.07, 6.45) is 2.86. The second kappa shape index (κ2) is 5.38. The number of ether oxygens (including phenoxy) is 1. The average Bonchev–Trinajstić information content (AvgIpc) is 2.49. The van der Waals surface area contributed by atoms with Crippen LogP contribution in [0.15, 0.2) is 48.8 Å². The first-order valence-electron chi connectivity index (χ1n) is 6.05. The van der Waals surface area contributed by atoms with E-state index in [1.807, 2.05) is 24.3 Å². The van der Waals surface area contributed by atoms with Gasteiger partial charge in [0.05, 0.1) is 5.56 Å². The van der Waals surface area contributed by atoms with Crippen molar-refractivity contribution in [3.8, 4) is 11.6 Å². The van der Waals surface area contributed by atoms with E-state index in [0.29, 0.717) is 11.3 Å². The highest BCUT2D eigenvalue weighted by Gasteiger charge is 2.12. The molecule has 0 aliphatic rings. The Morgan fingerprint density at radius 2 is 2.00 bits per heavy atom. The van der Waals surface area contributed by atoms with E-state index in [4.69, 9.17) is 21.4 Å². The molecule has 21 heavy (non-hydrogen) atoms. The summed E-state index contributed by atoms with van der Waals surface area (Å²) < 4.78 is 5.66. The summed E-state index contributed by atoms with van der Waals surface area (Å²) in [5.74, 6) is -0.451. The number of nitrogens with zero attached hydrogens (tertiary/aromatic N) is 2. The summed E-state index contributed by atoms with van der Waals surface area (Å²) >= 11 is 6.00. The number of halogens is 1. The lowest BCUT2D eigenvalue weighted by Gasteiger charge is -2.08. The number of carbonyl (C=O) groups is 1. The predicted octanol–water partition coefficient (Wildman–Crippen LogP) is 3.77. The van der Waals surface area contributed by atoms with Crippen LogP contribution < -0.4 is 4.74 Å². The van der Waals surface area contributed by atoms with Crippen LogP contribution in [-0.2, 0) is 0 Å². The Morgan fingerprint density at radius 3 is 2.76 bits per heavy atom. The number of aromatic nitrogens is 2. The fourth-order valence-electron chi connectivity index (χ4n) is 1.88. The maximum Gasteiger partial charge on any atom is 0.337 e. The van der Waals surface area contributed by atoms with Crippen molar-refractivity contribution in [2.75, 3.05) is 0 Å². The highest BCUT2D eigenvalue weighted by Crippen LogP contribution is 2.31. The molecule has 0 spiro atoms. The van der Waals surface area contributed by atoms with Gasteiger partial charge in [-0.3, -0.25) is 4.98 Å². The molecule has 5 nitrogen and oxygen atoms in total. The molecule has 0 aliphatic heterocycles. The van der Waals surface area contributed by atoms with Crippen LogP contribution in [0.5, 0.6) is 11.6 Å². The van der Waals surface area contributed by atoms with Crippen molar-refractivity contribution in [2.45, 2.75) is 0 Å². The minimum absolute atomic E-state index is 0.00314. The predicted molar refractivity (Wildman–Crippen MR) is 78.0 cm³/mol. The molecule has 0 amide bonds. The van der Waals surface area contributed by atoms with Crippen molar-refractivity contribution < 1.29 is 14.6 Å². The van der Waals surface area contributed by atoms with Gasteiger partial charge >= 0.3 is 5.97 Å². The molecule has 0 radical (unpaired) electrons. The third-order valence-corrected chi connectivity index (χ3v) is 3.13. The van der Waals surface area contributed by atoms with Crippen LogP contribution in [0.3, 0.4) is 0 Å². The van der Waals surface area contributed by atoms with Crippen molar-refractivity contribution >= 4 is 28.5 Å². The lowest BCUT2D eigenvalue weighted by atomic mass is 10.2.